The molecule has 0 saturated heterocycles. The summed E-state index contributed by atoms with van der Waals surface area (Å²) in [6.45, 7) is 0.105. The number of aryl methyl sites for hydroxylation is 1. The van der Waals surface area contributed by atoms with Crippen LogP contribution in [-0.2, 0) is 17.8 Å². The van der Waals surface area contributed by atoms with Gasteiger partial charge in [0.05, 0.1) is 12.5 Å². The number of rotatable bonds is 4. The fourth-order valence-electron chi connectivity index (χ4n) is 2.54. The van der Waals surface area contributed by atoms with Crippen LogP contribution in [0.25, 0.3) is 0 Å². The van der Waals surface area contributed by atoms with Gasteiger partial charge in [-0.15, -0.1) is 0 Å². The van der Waals surface area contributed by atoms with E-state index in [2.05, 4.69) is 20.0 Å². The van der Waals surface area contributed by atoms with E-state index in [1.54, 1.807) is 0 Å². The molecule has 21 heavy (non-hydrogen) atoms. The predicted molar refractivity (Wildman–Crippen MR) is 72.2 cm³/mol. The van der Waals surface area contributed by atoms with E-state index in [4.69, 9.17) is 5.73 Å². The van der Waals surface area contributed by atoms with E-state index in [1.165, 1.54) is 5.56 Å². The Morgan fingerprint density at radius 1 is 1.38 bits per heavy atom. The molecule has 108 valence electrons. The summed E-state index contributed by atoms with van der Waals surface area (Å²) in [6.07, 6.45) is 1.70. The molecule has 2 amide bonds. The number of hydrogen-bond donors (Lipinski definition) is 2. The molecule has 1 atom stereocenters. The molecular formula is C14H14N4O3. The minimum atomic E-state index is -0.787. The van der Waals surface area contributed by atoms with Crippen molar-refractivity contribution >= 4 is 11.8 Å². The molecule has 0 aliphatic heterocycles. The van der Waals surface area contributed by atoms with Crippen molar-refractivity contribution in [1.29, 1.82) is 0 Å². The molecule has 0 fully saturated rings. The summed E-state index contributed by atoms with van der Waals surface area (Å²) in [7, 11) is 0. The van der Waals surface area contributed by atoms with Gasteiger partial charge in [0.1, 0.15) is 0 Å². The van der Waals surface area contributed by atoms with Crippen LogP contribution < -0.4 is 11.1 Å². The fourth-order valence-corrected chi connectivity index (χ4v) is 2.54. The van der Waals surface area contributed by atoms with Crippen LogP contribution in [0.1, 0.15) is 40.0 Å². The van der Waals surface area contributed by atoms with E-state index >= 15 is 0 Å². The van der Waals surface area contributed by atoms with Crippen molar-refractivity contribution in [2.45, 2.75) is 25.3 Å². The number of nitrogens with one attached hydrogen (secondary N) is 1. The van der Waals surface area contributed by atoms with Crippen LogP contribution >= 0.6 is 0 Å². The number of benzene rings is 1. The van der Waals surface area contributed by atoms with Gasteiger partial charge in [0, 0.05) is 0 Å². The lowest BCUT2D eigenvalue weighted by Crippen LogP contribution is -2.28. The van der Waals surface area contributed by atoms with Crippen molar-refractivity contribution in [3.05, 3.63) is 47.1 Å². The van der Waals surface area contributed by atoms with Gasteiger partial charge in [-0.25, -0.2) is 0 Å². The van der Waals surface area contributed by atoms with Crippen LogP contribution in [0.4, 0.5) is 0 Å². The standard InChI is InChI=1S/C14H14N4O3/c15-12(19)14-17-11(18-21-14)7-16-13(20)10-6-5-8-3-1-2-4-9(8)10/h1-4,10H,5-7H2,(H2,15,19)(H,16,20)/t10-/m0/s1. The first-order valence-electron chi connectivity index (χ1n) is 6.63. The topological polar surface area (TPSA) is 111 Å². The second-order valence-electron chi connectivity index (χ2n) is 4.89. The van der Waals surface area contributed by atoms with Gasteiger partial charge < -0.3 is 15.6 Å². The summed E-state index contributed by atoms with van der Waals surface area (Å²) in [5.74, 6) is -1.05. The lowest BCUT2D eigenvalue weighted by molar-refractivity contribution is -0.122. The summed E-state index contributed by atoms with van der Waals surface area (Å²) >= 11 is 0. The molecule has 0 bridgehead atoms. The molecular weight excluding hydrogens is 272 g/mol. The van der Waals surface area contributed by atoms with Gasteiger partial charge >= 0.3 is 11.8 Å². The highest BCUT2D eigenvalue weighted by molar-refractivity contribution is 5.87. The molecule has 1 aliphatic carbocycles. The summed E-state index contributed by atoms with van der Waals surface area (Å²) in [6, 6.07) is 7.93. The number of carbonyl (C=O) groups excluding carboxylic acids is 2. The summed E-state index contributed by atoms with van der Waals surface area (Å²) in [5, 5.41) is 6.34. The molecule has 1 aromatic carbocycles. The maximum Gasteiger partial charge on any atom is 0.315 e. The highest BCUT2D eigenvalue weighted by atomic mass is 16.5. The molecule has 1 heterocycles. The van der Waals surface area contributed by atoms with E-state index in [9.17, 15) is 9.59 Å². The van der Waals surface area contributed by atoms with Crippen molar-refractivity contribution < 1.29 is 14.1 Å². The zero-order valence-electron chi connectivity index (χ0n) is 11.2. The number of hydrogen-bond acceptors (Lipinski definition) is 5. The minimum absolute atomic E-state index is 0.0784. The lowest BCUT2D eigenvalue weighted by Gasteiger charge is -2.10. The molecule has 0 saturated carbocycles. The second kappa shape index (κ2) is 5.35. The molecule has 0 unspecified atom stereocenters. The summed E-state index contributed by atoms with van der Waals surface area (Å²) < 4.78 is 4.65. The van der Waals surface area contributed by atoms with Crippen LogP contribution in [0.2, 0.25) is 0 Å². The van der Waals surface area contributed by atoms with E-state index < -0.39 is 5.91 Å². The maximum atomic E-state index is 12.2. The number of nitrogens with zero attached hydrogens (tertiary/aromatic N) is 2. The summed E-state index contributed by atoms with van der Waals surface area (Å²) in [5.41, 5.74) is 7.30. The second-order valence-corrected chi connectivity index (χ2v) is 4.89. The Balaban J connectivity index is 1.63. The number of fused-ring (bicyclic) bond motifs is 1. The van der Waals surface area contributed by atoms with E-state index in [0.29, 0.717) is 0 Å². The van der Waals surface area contributed by atoms with Gasteiger partial charge in [0.25, 0.3) is 0 Å². The van der Waals surface area contributed by atoms with Gasteiger partial charge in [-0.1, -0.05) is 29.4 Å². The first-order chi connectivity index (χ1) is 10.1. The highest BCUT2D eigenvalue weighted by Crippen LogP contribution is 2.32. The fraction of sp³-hybridized carbons (Fsp3) is 0.286. The van der Waals surface area contributed by atoms with Crippen LogP contribution in [0.5, 0.6) is 0 Å². The van der Waals surface area contributed by atoms with Gasteiger partial charge in [0.15, 0.2) is 5.82 Å². The van der Waals surface area contributed by atoms with Gasteiger partial charge in [0.2, 0.25) is 5.91 Å². The normalized spacial score (nSPS) is 16.5. The minimum Gasteiger partial charge on any atom is -0.361 e. The Kier molecular flexibility index (Phi) is 3.39. The van der Waals surface area contributed by atoms with E-state index in [1.807, 2.05) is 24.3 Å². The number of amides is 2. The molecule has 3 rings (SSSR count). The third kappa shape index (κ3) is 2.62. The van der Waals surface area contributed by atoms with Crippen molar-refractivity contribution in [1.82, 2.24) is 15.5 Å². The number of primary amides is 1. The quantitative estimate of drug-likeness (QED) is 0.850. The van der Waals surface area contributed by atoms with Crippen LogP contribution in [0.3, 0.4) is 0 Å². The smallest absolute Gasteiger partial charge is 0.315 e. The largest absolute Gasteiger partial charge is 0.361 e. The van der Waals surface area contributed by atoms with Crippen molar-refractivity contribution in [2.24, 2.45) is 5.73 Å². The van der Waals surface area contributed by atoms with Crippen LogP contribution in [0, 0.1) is 0 Å². The zero-order valence-corrected chi connectivity index (χ0v) is 11.2. The van der Waals surface area contributed by atoms with Gasteiger partial charge in [-0.3, -0.25) is 9.59 Å². The average molecular weight is 286 g/mol. The third-order valence-electron chi connectivity index (χ3n) is 3.55. The first-order valence-corrected chi connectivity index (χ1v) is 6.63. The molecule has 0 radical (unpaired) electrons. The number of nitrogens with two attached hydrogens (primary N) is 1. The molecule has 7 heteroatoms. The molecule has 0 spiro atoms. The van der Waals surface area contributed by atoms with Crippen molar-refractivity contribution in [2.75, 3.05) is 0 Å². The molecule has 7 nitrogen and oxygen atoms in total. The van der Waals surface area contributed by atoms with Crippen molar-refractivity contribution in [3.8, 4) is 0 Å². The van der Waals surface area contributed by atoms with Crippen molar-refractivity contribution in [3.63, 3.8) is 0 Å². The highest BCUT2D eigenvalue weighted by Gasteiger charge is 2.28. The monoisotopic (exact) mass is 286 g/mol. The maximum absolute atomic E-state index is 12.2. The number of aromatic nitrogens is 2. The summed E-state index contributed by atoms with van der Waals surface area (Å²) in [4.78, 5) is 26.9. The molecule has 2 aromatic rings. The first kappa shape index (κ1) is 13.3. The van der Waals surface area contributed by atoms with Crippen LogP contribution in [0.15, 0.2) is 28.8 Å². The predicted octanol–water partition coefficient (Wildman–Crippen LogP) is 0.515. The Morgan fingerprint density at radius 2 is 2.19 bits per heavy atom. The Labute approximate surface area is 120 Å². The SMILES string of the molecule is NC(=O)c1nc(CNC(=O)[C@H]2CCc3ccccc32)no1. The van der Waals surface area contributed by atoms with Gasteiger partial charge in [-0.05, 0) is 24.0 Å². The molecule has 1 aliphatic rings. The average Bonchev–Trinajstić information content (AvgIpc) is 3.11. The molecule has 1 aromatic heterocycles. The molecule has 3 N–H and O–H groups in total. The Hall–Kier alpha value is -2.70. The van der Waals surface area contributed by atoms with Gasteiger partial charge in [-0.2, -0.15) is 4.98 Å². The third-order valence-corrected chi connectivity index (χ3v) is 3.55. The Bertz CT molecular complexity index is 695. The van der Waals surface area contributed by atoms with E-state index in [-0.39, 0.29) is 30.1 Å². The lowest BCUT2D eigenvalue weighted by atomic mass is 10.0. The van der Waals surface area contributed by atoms with Crippen LogP contribution in [-0.4, -0.2) is 22.0 Å². The van der Waals surface area contributed by atoms with E-state index in [0.717, 1.165) is 18.4 Å². The Morgan fingerprint density at radius 3 is 2.95 bits per heavy atom. The number of carbonyl (C=O) groups is 2. The zero-order chi connectivity index (χ0) is 14.8.